The first-order valence-corrected chi connectivity index (χ1v) is 8.22. The third-order valence-electron chi connectivity index (χ3n) is 3.96. The van der Waals surface area contributed by atoms with Crippen LogP contribution < -0.4 is 10.6 Å². The first-order valence-electron chi connectivity index (χ1n) is 7.24. The van der Waals surface area contributed by atoms with E-state index in [4.69, 9.17) is 0 Å². The van der Waals surface area contributed by atoms with E-state index in [1.807, 2.05) is 30.3 Å². The molecule has 1 aromatic carbocycles. The lowest BCUT2D eigenvalue weighted by atomic mass is 9.90. The number of rotatable bonds is 4. The first kappa shape index (κ1) is 14.4. The highest BCUT2D eigenvalue weighted by Gasteiger charge is 2.51. The molecule has 0 aromatic heterocycles. The minimum absolute atomic E-state index is 0.0756. The largest absolute Gasteiger partial charge is 0.325 e. The molecule has 0 aliphatic carbocycles. The first-order chi connectivity index (χ1) is 10.2. The fourth-order valence-electron chi connectivity index (χ4n) is 2.85. The van der Waals surface area contributed by atoms with Crippen LogP contribution in [0.3, 0.4) is 0 Å². The van der Waals surface area contributed by atoms with Crippen molar-refractivity contribution in [3.8, 4) is 0 Å². The van der Waals surface area contributed by atoms with Gasteiger partial charge in [0.2, 0.25) is 0 Å². The standard InChI is InChI=1S/C15H19N3O2S/c19-13-15(7-4-8-16-11-15)17-14(20)18(13)9-10-21-12-5-2-1-3-6-12/h1-3,5-6,16H,4,7-11H2,(H,17,20). The van der Waals surface area contributed by atoms with Crippen LogP contribution in [-0.4, -0.2) is 47.8 Å². The third-order valence-corrected chi connectivity index (χ3v) is 4.95. The van der Waals surface area contributed by atoms with Crippen molar-refractivity contribution in [2.75, 3.05) is 25.4 Å². The molecule has 2 N–H and O–H groups in total. The highest BCUT2D eigenvalue weighted by atomic mass is 32.2. The summed E-state index contributed by atoms with van der Waals surface area (Å²) < 4.78 is 0. The van der Waals surface area contributed by atoms with Crippen molar-refractivity contribution in [3.63, 3.8) is 0 Å². The van der Waals surface area contributed by atoms with Crippen molar-refractivity contribution in [1.82, 2.24) is 15.5 Å². The highest BCUT2D eigenvalue weighted by molar-refractivity contribution is 7.99. The van der Waals surface area contributed by atoms with Gasteiger partial charge in [-0.25, -0.2) is 4.79 Å². The maximum absolute atomic E-state index is 12.5. The molecule has 2 aliphatic rings. The number of amides is 3. The number of piperidine rings is 1. The van der Waals surface area contributed by atoms with E-state index in [1.165, 1.54) is 4.90 Å². The second kappa shape index (κ2) is 6.07. The van der Waals surface area contributed by atoms with Crippen molar-refractivity contribution >= 4 is 23.7 Å². The number of thioether (sulfide) groups is 1. The average molecular weight is 305 g/mol. The summed E-state index contributed by atoms with van der Waals surface area (Å²) in [5.41, 5.74) is -0.702. The number of nitrogens with one attached hydrogen (secondary N) is 2. The van der Waals surface area contributed by atoms with Gasteiger partial charge in [-0.15, -0.1) is 11.8 Å². The predicted octanol–water partition coefficient (Wildman–Crippen LogP) is 1.45. The minimum atomic E-state index is -0.702. The molecule has 112 valence electrons. The van der Waals surface area contributed by atoms with Gasteiger partial charge in [-0.05, 0) is 31.5 Å². The molecule has 1 atom stereocenters. The molecule has 0 bridgehead atoms. The second-order valence-electron chi connectivity index (χ2n) is 5.41. The van der Waals surface area contributed by atoms with E-state index in [-0.39, 0.29) is 11.9 Å². The molecule has 0 saturated carbocycles. The predicted molar refractivity (Wildman–Crippen MR) is 82.2 cm³/mol. The monoisotopic (exact) mass is 305 g/mol. The van der Waals surface area contributed by atoms with Crippen LogP contribution in [0.15, 0.2) is 35.2 Å². The van der Waals surface area contributed by atoms with Gasteiger partial charge in [-0.2, -0.15) is 0 Å². The highest BCUT2D eigenvalue weighted by Crippen LogP contribution is 2.26. The maximum atomic E-state index is 12.5. The Kier molecular flexibility index (Phi) is 4.17. The van der Waals surface area contributed by atoms with Crippen LogP contribution in [-0.2, 0) is 4.79 Å². The van der Waals surface area contributed by atoms with Gasteiger partial charge in [0.25, 0.3) is 5.91 Å². The normalized spacial score (nSPS) is 25.4. The number of carbonyl (C=O) groups is 2. The fraction of sp³-hybridized carbons (Fsp3) is 0.467. The lowest BCUT2D eigenvalue weighted by molar-refractivity contribution is -0.131. The lowest BCUT2D eigenvalue weighted by Gasteiger charge is -2.31. The molecule has 1 aromatic rings. The van der Waals surface area contributed by atoms with E-state index in [1.54, 1.807) is 11.8 Å². The maximum Gasteiger partial charge on any atom is 0.325 e. The summed E-state index contributed by atoms with van der Waals surface area (Å²) in [6.07, 6.45) is 1.64. The second-order valence-corrected chi connectivity index (χ2v) is 6.58. The summed E-state index contributed by atoms with van der Waals surface area (Å²) in [7, 11) is 0. The number of nitrogens with zero attached hydrogens (tertiary/aromatic N) is 1. The molecule has 2 saturated heterocycles. The van der Waals surface area contributed by atoms with E-state index in [9.17, 15) is 9.59 Å². The zero-order valence-electron chi connectivity index (χ0n) is 11.8. The van der Waals surface area contributed by atoms with Crippen molar-refractivity contribution in [3.05, 3.63) is 30.3 Å². The molecule has 6 heteroatoms. The number of urea groups is 1. The topological polar surface area (TPSA) is 61.4 Å². The van der Waals surface area contributed by atoms with Gasteiger partial charge in [0, 0.05) is 23.7 Å². The third kappa shape index (κ3) is 2.91. The number of carbonyl (C=O) groups excluding carboxylic acids is 2. The van der Waals surface area contributed by atoms with E-state index < -0.39 is 5.54 Å². The van der Waals surface area contributed by atoms with Gasteiger partial charge in [0.15, 0.2) is 0 Å². The Bertz CT molecular complexity index is 529. The van der Waals surface area contributed by atoms with Gasteiger partial charge >= 0.3 is 6.03 Å². The summed E-state index contributed by atoms with van der Waals surface area (Å²) in [4.78, 5) is 27.1. The quantitative estimate of drug-likeness (QED) is 0.653. The minimum Gasteiger partial charge on any atom is -0.322 e. The Hall–Kier alpha value is -1.53. The summed E-state index contributed by atoms with van der Waals surface area (Å²) in [5, 5.41) is 6.09. The molecule has 2 fully saturated rings. The van der Waals surface area contributed by atoms with Crippen LogP contribution >= 0.6 is 11.8 Å². The molecule has 5 nitrogen and oxygen atoms in total. The molecule has 3 rings (SSSR count). The van der Waals surface area contributed by atoms with Crippen LogP contribution in [0.2, 0.25) is 0 Å². The summed E-state index contributed by atoms with van der Waals surface area (Å²) >= 11 is 1.66. The molecular formula is C15H19N3O2S. The Labute approximate surface area is 128 Å². The van der Waals surface area contributed by atoms with Gasteiger partial charge in [-0.3, -0.25) is 9.69 Å². The van der Waals surface area contributed by atoms with Crippen molar-refractivity contribution < 1.29 is 9.59 Å². The zero-order chi connectivity index (χ0) is 14.7. The van der Waals surface area contributed by atoms with Crippen molar-refractivity contribution in [2.24, 2.45) is 0 Å². The van der Waals surface area contributed by atoms with E-state index >= 15 is 0 Å². The van der Waals surface area contributed by atoms with Crippen LogP contribution in [0.4, 0.5) is 4.79 Å². The van der Waals surface area contributed by atoms with Gasteiger partial charge in [0.1, 0.15) is 5.54 Å². The summed E-state index contributed by atoms with van der Waals surface area (Å²) in [6.45, 7) is 1.90. The molecular weight excluding hydrogens is 286 g/mol. The van der Waals surface area contributed by atoms with Gasteiger partial charge < -0.3 is 10.6 Å². The molecule has 1 spiro atoms. The molecule has 2 heterocycles. The van der Waals surface area contributed by atoms with Crippen LogP contribution in [0, 0.1) is 0 Å². The lowest BCUT2D eigenvalue weighted by Crippen LogP contribution is -2.57. The SMILES string of the molecule is O=C1NC2(CCCNC2)C(=O)N1CCSc1ccccc1. The number of imide groups is 1. The Morgan fingerprint density at radius 3 is 2.76 bits per heavy atom. The smallest absolute Gasteiger partial charge is 0.322 e. The fourth-order valence-corrected chi connectivity index (χ4v) is 3.70. The van der Waals surface area contributed by atoms with E-state index in [2.05, 4.69) is 10.6 Å². The summed E-state index contributed by atoms with van der Waals surface area (Å²) in [5.74, 6) is 0.639. The van der Waals surface area contributed by atoms with Gasteiger partial charge in [-0.1, -0.05) is 18.2 Å². The molecule has 2 aliphatic heterocycles. The molecule has 1 unspecified atom stereocenters. The van der Waals surface area contributed by atoms with Crippen molar-refractivity contribution in [2.45, 2.75) is 23.3 Å². The molecule has 0 radical (unpaired) electrons. The Morgan fingerprint density at radius 2 is 2.05 bits per heavy atom. The van der Waals surface area contributed by atoms with Gasteiger partial charge in [0.05, 0.1) is 0 Å². The molecule has 21 heavy (non-hydrogen) atoms. The van der Waals surface area contributed by atoms with Crippen LogP contribution in [0.1, 0.15) is 12.8 Å². The van der Waals surface area contributed by atoms with Crippen LogP contribution in [0.5, 0.6) is 0 Å². The zero-order valence-corrected chi connectivity index (χ0v) is 12.6. The van der Waals surface area contributed by atoms with Crippen LogP contribution in [0.25, 0.3) is 0 Å². The Morgan fingerprint density at radius 1 is 1.24 bits per heavy atom. The molecule has 3 amide bonds. The average Bonchev–Trinajstić information content (AvgIpc) is 2.73. The number of benzene rings is 1. The van der Waals surface area contributed by atoms with Crippen molar-refractivity contribution in [1.29, 1.82) is 0 Å². The number of hydrogen-bond acceptors (Lipinski definition) is 4. The Balaban J connectivity index is 1.58. The number of hydrogen-bond donors (Lipinski definition) is 2. The summed E-state index contributed by atoms with van der Waals surface area (Å²) in [6, 6.07) is 9.75. The van der Waals surface area contributed by atoms with E-state index in [0.29, 0.717) is 18.8 Å². The van der Waals surface area contributed by atoms with E-state index in [0.717, 1.165) is 24.3 Å².